The first-order chi connectivity index (χ1) is 17.8. The van der Waals surface area contributed by atoms with Crippen LogP contribution in [0.1, 0.15) is 27.0 Å². The first-order valence-corrected chi connectivity index (χ1v) is 11.7. The topological polar surface area (TPSA) is 90.1 Å². The Labute approximate surface area is 215 Å². The molecule has 0 bridgehead atoms. The van der Waals surface area contributed by atoms with E-state index in [4.69, 9.17) is 18.9 Å². The number of pyridine rings is 1. The van der Waals surface area contributed by atoms with E-state index in [1.54, 1.807) is 36.3 Å². The zero-order chi connectivity index (χ0) is 26.7. The van der Waals surface area contributed by atoms with Gasteiger partial charge >= 0.3 is 0 Å². The lowest BCUT2D eigenvalue weighted by Crippen LogP contribution is -2.33. The molecule has 0 aliphatic heterocycles. The predicted molar refractivity (Wildman–Crippen MR) is 144 cm³/mol. The van der Waals surface area contributed by atoms with Gasteiger partial charge in [-0.15, -0.1) is 0 Å². The molecule has 0 atom stereocenters. The lowest BCUT2D eigenvalue weighted by atomic mass is 10.1. The number of H-pyrrole nitrogens is 1. The molecule has 0 saturated carbocycles. The lowest BCUT2D eigenvalue weighted by molar-refractivity contribution is 0.0984. The second-order valence-electron chi connectivity index (χ2n) is 8.67. The van der Waals surface area contributed by atoms with Gasteiger partial charge in [0.1, 0.15) is 5.75 Å². The number of nitrogens with zero attached hydrogens (tertiary/aromatic N) is 1. The number of fused-ring (bicyclic) bond motifs is 1. The molecule has 0 saturated heterocycles. The first-order valence-electron chi connectivity index (χ1n) is 11.7. The number of carbonyl (C=O) groups is 1. The van der Waals surface area contributed by atoms with Crippen LogP contribution in [0, 0.1) is 13.8 Å². The van der Waals surface area contributed by atoms with Crippen LogP contribution in [0.2, 0.25) is 0 Å². The molecule has 4 rings (SSSR count). The van der Waals surface area contributed by atoms with Gasteiger partial charge in [-0.25, -0.2) is 0 Å². The Hall–Kier alpha value is -4.46. The van der Waals surface area contributed by atoms with E-state index < -0.39 is 0 Å². The van der Waals surface area contributed by atoms with Crippen LogP contribution >= 0.6 is 0 Å². The molecule has 8 nitrogen and oxygen atoms in total. The summed E-state index contributed by atoms with van der Waals surface area (Å²) in [6.07, 6.45) is 0. The van der Waals surface area contributed by atoms with E-state index in [-0.39, 0.29) is 18.0 Å². The molecule has 0 aliphatic carbocycles. The zero-order valence-electron chi connectivity index (χ0n) is 21.8. The van der Waals surface area contributed by atoms with E-state index >= 15 is 0 Å². The van der Waals surface area contributed by atoms with E-state index in [1.807, 2.05) is 44.2 Å². The van der Waals surface area contributed by atoms with Gasteiger partial charge in [0, 0.05) is 22.9 Å². The van der Waals surface area contributed by atoms with E-state index in [9.17, 15) is 9.59 Å². The van der Waals surface area contributed by atoms with Crippen molar-refractivity contribution in [3.63, 3.8) is 0 Å². The Balaban J connectivity index is 1.84. The summed E-state index contributed by atoms with van der Waals surface area (Å²) in [5.74, 6) is 1.44. The fraction of sp³-hybridized carbons (Fsp3) is 0.241. The predicted octanol–water partition coefficient (Wildman–Crippen LogP) is 5.03. The van der Waals surface area contributed by atoms with Gasteiger partial charge in [0.15, 0.2) is 11.5 Å². The van der Waals surface area contributed by atoms with Gasteiger partial charge < -0.3 is 28.8 Å². The summed E-state index contributed by atoms with van der Waals surface area (Å²) in [5.41, 5.74) is 3.81. The number of aryl methyl sites for hydroxylation is 2. The van der Waals surface area contributed by atoms with Gasteiger partial charge in [0.25, 0.3) is 11.5 Å². The molecule has 1 heterocycles. The van der Waals surface area contributed by atoms with Crippen molar-refractivity contribution in [2.24, 2.45) is 0 Å². The van der Waals surface area contributed by atoms with Gasteiger partial charge in [-0.2, -0.15) is 0 Å². The van der Waals surface area contributed by atoms with Crippen LogP contribution in [0.25, 0.3) is 10.9 Å². The molecule has 0 fully saturated rings. The number of amides is 1. The lowest BCUT2D eigenvalue weighted by Gasteiger charge is -2.26. The Morgan fingerprint density at radius 1 is 0.838 bits per heavy atom. The van der Waals surface area contributed by atoms with Crippen LogP contribution in [0.15, 0.2) is 59.4 Å². The number of aromatic amines is 1. The third-order valence-electron chi connectivity index (χ3n) is 6.26. The summed E-state index contributed by atoms with van der Waals surface area (Å²) < 4.78 is 21.6. The monoisotopic (exact) mass is 502 g/mol. The normalized spacial score (nSPS) is 10.8. The number of hydrogen-bond donors (Lipinski definition) is 1. The molecule has 0 aliphatic rings. The maximum absolute atomic E-state index is 14.0. The highest BCUT2D eigenvalue weighted by Crippen LogP contribution is 2.39. The molecule has 8 heteroatoms. The fourth-order valence-electron chi connectivity index (χ4n) is 4.38. The summed E-state index contributed by atoms with van der Waals surface area (Å²) in [6.45, 7) is 3.98. The second kappa shape index (κ2) is 10.7. The molecule has 0 unspecified atom stereocenters. The molecular weight excluding hydrogens is 472 g/mol. The van der Waals surface area contributed by atoms with E-state index in [2.05, 4.69) is 4.98 Å². The number of aromatic nitrogens is 1. The summed E-state index contributed by atoms with van der Waals surface area (Å²) in [5, 5.41) is 0.830. The zero-order valence-corrected chi connectivity index (χ0v) is 21.8. The summed E-state index contributed by atoms with van der Waals surface area (Å²) in [4.78, 5) is 31.6. The minimum absolute atomic E-state index is 0.0523. The summed E-state index contributed by atoms with van der Waals surface area (Å²) in [6, 6.07) is 16.3. The Morgan fingerprint density at radius 2 is 1.54 bits per heavy atom. The average molecular weight is 503 g/mol. The Morgan fingerprint density at radius 3 is 2.14 bits per heavy atom. The molecule has 0 radical (unpaired) electrons. The van der Waals surface area contributed by atoms with Crippen LogP contribution in [-0.2, 0) is 6.54 Å². The fourth-order valence-corrected chi connectivity index (χ4v) is 4.38. The number of nitrogens with one attached hydrogen (secondary N) is 1. The van der Waals surface area contributed by atoms with Crippen molar-refractivity contribution in [1.29, 1.82) is 0 Å². The van der Waals surface area contributed by atoms with Crippen molar-refractivity contribution in [3.8, 4) is 23.0 Å². The van der Waals surface area contributed by atoms with Crippen LogP contribution in [-0.4, -0.2) is 39.3 Å². The molecule has 1 aromatic heterocycles. The standard InChI is InChI=1S/C29H30N2O6/c1-17-7-10-24(18(2)11-17)31(29(33)20-13-25(35-4)27(37-6)26(14-20)36-5)16-21-12-19-8-9-22(34-3)15-23(19)30-28(21)32/h7-15H,16H2,1-6H3,(H,30,32). The number of hydrogen-bond acceptors (Lipinski definition) is 6. The average Bonchev–Trinajstić information content (AvgIpc) is 2.90. The van der Waals surface area contributed by atoms with Crippen LogP contribution in [0.4, 0.5) is 5.69 Å². The van der Waals surface area contributed by atoms with Gasteiger partial charge in [-0.3, -0.25) is 9.59 Å². The number of benzene rings is 3. The number of ether oxygens (including phenoxy) is 4. The highest BCUT2D eigenvalue weighted by atomic mass is 16.5. The minimum Gasteiger partial charge on any atom is -0.497 e. The maximum atomic E-state index is 14.0. The SMILES string of the molecule is COc1ccc2cc(CN(C(=O)c3cc(OC)c(OC)c(OC)c3)c3ccc(C)cc3C)c(=O)[nH]c2c1. The van der Waals surface area contributed by atoms with Gasteiger partial charge in [-0.05, 0) is 61.2 Å². The van der Waals surface area contributed by atoms with Crippen LogP contribution in [0.3, 0.4) is 0 Å². The number of methoxy groups -OCH3 is 4. The molecule has 1 amide bonds. The number of carbonyl (C=O) groups excluding carboxylic acids is 1. The van der Waals surface area contributed by atoms with Crippen molar-refractivity contribution in [2.75, 3.05) is 33.3 Å². The maximum Gasteiger partial charge on any atom is 0.258 e. The Bertz CT molecular complexity index is 1500. The summed E-state index contributed by atoms with van der Waals surface area (Å²) >= 11 is 0. The first kappa shape index (κ1) is 25.6. The van der Waals surface area contributed by atoms with Crippen molar-refractivity contribution >= 4 is 22.5 Å². The van der Waals surface area contributed by atoms with Crippen LogP contribution in [0.5, 0.6) is 23.0 Å². The van der Waals surface area contributed by atoms with Crippen molar-refractivity contribution in [1.82, 2.24) is 4.98 Å². The number of rotatable bonds is 8. The smallest absolute Gasteiger partial charge is 0.258 e. The van der Waals surface area contributed by atoms with Crippen molar-refractivity contribution in [2.45, 2.75) is 20.4 Å². The molecule has 37 heavy (non-hydrogen) atoms. The highest BCUT2D eigenvalue weighted by Gasteiger charge is 2.25. The highest BCUT2D eigenvalue weighted by molar-refractivity contribution is 6.07. The molecule has 4 aromatic rings. The Kier molecular flexibility index (Phi) is 7.38. The molecule has 192 valence electrons. The minimum atomic E-state index is -0.319. The summed E-state index contributed by atoms with van der Waals surface area (Å²) in [7, 11) is 6.07. The van der Waals surface area contributed by atoms with Gasteiger partial charge in [0.05, 0.1) is 40.5 Å². The van der Waals surface area contributed by atoms with E-state index in [1.165, 1.54) is 21.3 Å². The molecule has 3 aromatic carbocycles. The third kappa shape index (κ3) is 5.09. The molecular formula is C29H30N2O6. The van der Waals surface area contributed by atoms with Gasteiger partial charge in [-0.1, -0.05) is 17.7 Å². The number of anilines is 1. The molecule has 0 spiro atoms. The van der Waals surface area contributed by atoms with E-state index in [0.717, 1.165) is 16.5 Å². The van der Waals surface area contributed by atoms with E-state index in [0.29, 0.717) is 45.3 Å². The quantitative estimate of drug-likeness (QED) is 0.364. The van der Waals surface area contributed by atoms with Crippen molar-refractivity contribution in [3.05, 3.63) is 87.2 Å². The third-order valence-corrected chi connectivity index (χ3v) is 6.26. The largest absolute Gasteiger partial charge is 0.497 e. The van der Waals surface area contributed by atoms with Gasteiger partial charge in [0.2, 0.25) is 5.75 Å². The molecule has 1 N–H and O–H groups in total. The second-order valence-corrected chi connectivity index (χ2v) is 8.67. The van der Waals surface area contributed by atoms with Crippen LogP contribution < -0.4 is 29.4 Å². The van der Waals surface area contributed by atoms with Crippen molar-refractivity contribution < 1.29 is 23.7 Å².